The maximum atomic E-state index is 13.0. The third-order valence-corrected chi connectivity index (χ3v) is 6.63. The Morgan fingerprint density at radius 3 is 2.48 bits per heavy atom. The monoisotopic (exact) mass is 440 g/mol. The number of amides is 2. The lowest BCUT2D eigenvalue weighted by Crippen LogP contribution is -2.40. The van der Waals surface area contributed by atoms with Crippen LogP contribution in [-0.4, -0.2) is 39.8 Å². The highest BCUT2D eigenvalue weighted by atomic mass is 16.2. The summed E-state index contributed by atoms with van der Waals surface area (Å²) in [4.78, 5) is 39.4. The SMILES string of the molecule is Cc1nc(C2CCCN(C(=O)c3ccccc3)C2)nc2c1CCC(=O)N2Cc1ccccc1. The van der Waals surface area contributed by atoms with Crippen LogP contribution in [0, 0.1) is 6.92 Å². The highest BCUT2D eigenvalue weighted by Gasteiger charge is 2.32. The lowest BCUT2D eigenvalue weighted by atomic mass is 9.95. The van der Waals surface area contributed by atoms with Gasteiger partial charge in [0.15, 0.2) is 0 Å². The molecule has 2 aliphatic heterocycles. The Hall–Kier alpha value is -3.54. The maximum Gasteiger partial charge on any atom is 0.253 e. The number of carbonyl (C=O) groups excluding carboxylic acids is 2. The Bertz CT molecular complexity index is 1160. The van der Waals surface area contributed by atoms with E-state index in [4.69, 9.17) is 9.97 Å². The molecule has 6 nitrogen and oxygen atoms in total. The standard InChI is InChI=1S/C27H28N4O2/c1-19-23-14-15-24(32)31(17-20-9-4-2-5-10-20)26(23)29-25(28-19)22-13-8-16-30(18-22)27(33)21-11-6-3-7-12-21/h2-7,9-12,22H,8,13-18H2,1H3. The molecule has 1 saturated heterocycles. The van der Waals surface area contributed by atoms with Crippen LogP contribution >= 0.6 is 0 Å². The number of piperidine rings is 1. The molecule has 33 heavy (non-hydrogen) atoms. The van der Waals surface area contributed by atoms with Crippen LogP contribution < -0.4 is 4.90 Å². The van der Waals surface area contributed by atoms with Gasteiger partial charge < -0.3 is 4.90 Å². The number of aromatic nitrogens is 2. The van der Waals surface area contributed by atoms with Gasteiger partial charge in [-0.1, -0.05) is 48.5 Å². The molecule has 5 rings (SSSR count). The van der Waals surface area contributed by atoms with Gasteiger partial charge >= 0.3 is 0 Å². The average Bonchev–Trinajstić information content (AvgIpc) is 2.86. The number of benzene rings is 2. The first-order chi connectivity index (χ1) is 16.1. The summed E-state index contributed by atoms with van der Waals surface area (Å²) in [7, 11) is 0. The summed E-state index contributed by atoms with van der Waals surface area (Å²) in [6.45, 7) is 3.85. The zero-order valence-electron chi connectivity index (χ0n) is 18.9. The van der Waals surface area contributed by atoms with E-state index >= 15 is 0 Å². The normalized spacial score (nSPS) is 18.2. The fraction of sp³-hybridized carbons (Fsp3) is 0.333. The van der Waals surface area contributed by atoms with Crippen molar-refractivity contribution >= 4 is 17.6 Å². The van der Waals surface area contributed by atoms with E-state index in [1.165, 1.54) is 0 Å². The number of hydrogen-bond acceptors (Lipinski definition) is 4. The number of nitrogens with zero attached hydrogens (tertiary/aromatic N) is 4. The third kappa shape index (κ3) is 4.38. The molecule has 0 saturated carbocycles. The molecular weight excluding hydrogens is 412 g/mol. The Morgan fingerprint density at radius 1 is 1.00 bits per heavy atom. The van der Waals surface area contributed by atoms with E-state index in [-0.39, 0.29) is 17.7 Å². The van der Waals surface area contributed by atoms with E-state index in [9.17, 15) is 9.59 Å². The molecule has 0 bridgehead atoms. The first-order valence-electron chi connectivity index (χ1n) is 11.7. The topological polar surface area (TPSA) is 66.4 Å². The van der Waals surface area contributed by atoms with Gasteiger partial charge in [0, 0.05) is 42.2 Å². The molecular formula is C27H28N4O2. The predicted octanol–water partition coefficient (Wildman–Crippen LogP) is 4.28. The van der Waals surface area contributed by atoms with Gasteiger partial charge in [0.1, 0.15) is 11.6 Å². The zero-order chi connectivity index (χ0) is 22.8. The van der Waals surface area contributed by atoms with Crippen molar-refractivity contribution in [3.8, 4) is 0 Å². The van der Waals surface area contributed by atoms with E-state index in [2.05, 4.69) is 0 Å². The van der Waals surface area contributed by atoms with Crippen molar-refractivity contribution in [2.24, 2.45) is 0 Å². The molecule has 0 radical (unpaired) electrons. The smallest absolute Gasteiger partial charge is 0.253 e. The highest BCUT2D eigenvalue weighted by molar-refractivity contribution is 5.95. The Kier molecular flexibility index (Phi) is 5.90. The minimum Gasteiger partial charge on any atom is -0.338 e. The lowest BCUT2D eigenvalue weighted by molar-refractivity contribution is -0.119. The van der Waals surface area contributed by atoms with Crippen LogP contribution in [0.5, 0.6) is 0 Å². The van der Waals surface area contributed by atoms with Crippen molar-refractivity contribution in [2.75, 3.05) is 18.0 Å². The largest absolute Gasteiger partial charge is 0.338 e. The molecule has 0 N–H and O–H groups in total. The number of anilines is 1. The molecule has 0 spiro atoms. The van der Waals surface area contributed by atoms with Crippen molar-refractivity contribution in [1.82, 2.24) is 14.9 Å². The molecule has 6 heteroatoms. The van der Waals surface area contributed by atoms with Gasteiger partial charge in [0.05, 0.1) is 6.54 Å². The first kappa shape index (κ1) is 21.3. The summed E-state index contributed by atoms with van der Waals surface area (Å²) in [5.41, 5.74) is 3.78. The number of carbonyl (C=O) groups is 2. The van der Waals surface area contributed by atoms with E-state index in [1.54, 1.807) is 0 Å². The van der Waals surface area contributed by atoms with Gasteiger partial charge in [-0.2, -0.15) is 0 Å². The molecule has 3 heterocycles. The first-order valence-corrected chi connectivity index (χ1v) is 11.7. The van der Waals surface area contributed by atoms with Crippen molar-refractivity contribution in [3.63, 3.8) is 0 Å². The Balaban J connectivity index is 1.43. The van der Waals surface area contributed by atoms with Crippen molar-refractivity contribution < 1.29 is 9.59 Å². The second-order valence-corrected chi connectivity index (χ2v) is 8.89. The Labute approximate surface area is 194 Å². The number of likely N-dealkylation sites (tertiary alicyclic amines) is 1. The van der Waals surface area contributed by atoms with Gasteiger partial charge in [0.2, 0.25) is 5.91 Å². The molecule has 2 aromatic carbocycles. The fourth-order valence-electron chi connectivity index (χ4n) is 4.85. The van der Waals surface area contributed by atoms with Crippen molar-refractivity contribution in [3.05, 3.63) is 88.9 Å². The van der Waals surface area contributed by atoms with Crippen LogP contribution in [0.3, 0.4) is 0 Å². The second-order valence-electron chi connectivity index (χ2n) is 8.89. The van der Waals surface area contributed by atoms with E-state index in [0.29, 0.717) is 31.5 Å². The quantitative estimate of drug-likeness (QED) is 0.607. The van der Waals surface area contributed by atoms with Crippen LogP contribution in [0.4, 0.5) is 5.82 Å². The zero-order valence-corrected chi connectivity index (χ0v) is 18.9. The van der Waals surface area contributed by atoms with Gasteiger partial charge in [-0.3, -0.25) is 14.5 Å². The third-order valence-electron chi connectivity index (χ3n) is 6.63. The molecule has 1 aromatic heterocycles. The number of hydrogen-bond donors (Lipinski definition) is 0. The number of rotatable bonds is 4. The minimum absolute atomic E-state index is 0.0517. The van der Waals surface area contributed by atoms with E-state index in [1.807, 2.05) is 77.4 Å². The second kappa shape index (κ2) is 9.14. The van der Waals surface area contributed by atoms with Crippen molar-refractivity contribution in [2.45, 2.75) is 45.1 Å². The molecule has 2 amide bonds. The fourth-order valence-corrected chi connectivity index (χ4v) is 4.85. The van der Waals surface area contributed by atoms with Crippen LogP contribution in [0.25, 0.3) is 0 Å². The highest BCUT2D eigenvalue weighted by Crippen LogP contribution is 2.33. The minimum atomic E-state index is 0.0517. The molecule has 3 aromatic rings. The van der Waals surface area contributed by atoms with Gasteiger partial charge in [-0.15, -0.1) is 0 Å². The van der Waals surface area contributed by atoms with E-state index in [0.717, 1.165) is 47.8 Å². The summed E-state index contributed by atoms with van der Waals surface area (Å²) in [5.74, 6) is 1.69. The molecule has 1 fully saturated rings. The van der Waals surface area contributed by atoms with E-state index < -0.39 is 0 Å². The lowest BCUT2D eigenvalue weighted by Gasteiger charge is -2.34. The van der Waals surface area contributed by atoms with Crippen LogP contribution in [-0.2, 0) is 17.8 Å². The molecule has 168 valence electrons. The van der Waals surface area contributed by atoms with Crippen LogP contribution in [0.1, 0.15) is 58.2 Å². The molecule has 1 atom stereocenters. The average molecular weight is 441 g/mol. The molecule has 1 unspecified atom stereocenters. The maximum absolute atomic E-state index is 13.0. The molecule has 0 aliphatic carbocycles. The summed E-state index contributed by atoms with van der Waals surface area (Å²) < 4.78 is 0. The summed E-state index contributed by atoms with van der Waals surface area (Å²) in [6, 6.07) is 19.4. The van der Waals surface area contributed by atoms with Gasteiger partial charge in [-0.25, -0.2) is 9.97 Å². The molecule has 2 aliphatic rings. The summed E-state index contributed by atoms with van der Waals surface area (Å²) >= 11 is 0. The van der Waals surface area contributed by atoms with Crippen molar-refractivity contribution in [1.29, 1.82) is 0 Å². The van der Waals surface area contributed by atoms with Gasteiger partial charge in [-0.05, 0) is 43.9 Å². The van der Waals surface area contributed by atoms with Crippen LogP contribution in [0.15, 0.2) is 60.7 Å². The number of aryl methyl sites for hydroxylation is 1. The summed E-state index contributed by atoms with van der Waals surface area (Å²) in [5, 5.41) is 0. The Morgan fingerprint density at radius 2 is 1.73 bits per heavy atom. The van der Waals surface area contributed by atoms with Gasteiger partial charge in [0.25, 0.3) is 5.91 Å². The van der Waals surface area contributed by atoms with Crippen LogP contribution in [0.2, 0.25) is 0 Å². The summed E-state index contributed by atoms with van der Waals surface area (Å²) in [6.07, 6.45) is 3.00. The predicted molar refractivity (Wildman–Crippen MR) is 127 cm³/mol. The number of fused-ring (bicyclic) bond motifs is 1.